The maximum Gasteiger partial charge on any atom is 0.417 e. The molecule has 0 bridgehead atoms. The lowest BCUT2D eigenvalue weighted by atomic mass is 10.0. The molecule has 1 heterocycles. The van der Waals surface area contributed by atoms with Crippen LogP contribution in [0.25, 0.3) is 11.4 Å². The van der Waals surface area contributed by atoms with Crippen molar-refractivity contribution >= 4 is 12.4 Å². The first kappa shape index (κ1) is 25.0. The van der Waals surface area contributed by atoms with Crippen LogP contribution in [-0.2, 0) is 18.8 Å². The molecule has 0 unspecified atom stereocenters. The van der Waals surface area contributed by atoms with Gasteiger partial charge in [0.15, 0.2) is 34.6 Å². The third-order valence-electron chi connectivity index (χ3n) is 4.43. The second kappa shape index (κ2) is 8.70. The van der Waals surface area contributed by atoms with E-state index in [4.69, 9.17) is 10.00 Å². The number of alkyl halides is 3. The lowest BCUT2D eigenvalue weighted by molar-refractivity contribution is -0.137. The van der Waals surface area contributed by atoms with Crippen LogP contribution in [-0.4, -0.2) is 14.8 Å². The number of ether oxygens (including phenoxy) is 1. The molecule has 3 rings (SSSR count). The molecule has 0 amide bonds. The topological polar surface area (TPSA) is 63.7 Å². The van der Waals surface area contributed by atoms with Gasteiger partial charge in [-0.15, -0.1) is 22.6 Å². The highest BCUT2D eigenvalue weighted by atomic mass is 35.5. The van der Waals surface area contributed by atoms with Gasteiger partial charge in [0.2, 0.25) is 0 Å². The van der Waals surface area contributed by atoms with Gasteiger partial charge in [-0.05, 0) is 32.0 Å². The Morgan fingerprint density at radius 3 is 2.12 bits per heavy atom. The maximum atomic E-state index is 14.0. The van der Waals surface area contributed by atoms with Crippen LogP contribution in [0.5, 0.6) is 5.75 Å². The van der Waals surface area contributed by atoms with Crippen LogP contribution in [0.1, 0.15) is 30.8 Å². The van der Waals surface area contributed by atoms with Gasteiger partial charge in [-0.3, -0.25) is 0 Å². The largest absolute Gasteiger partial charge is 0.474 e. The quantitative estimate of drug-likeness (QED) is 0.465. The number of halogens is 7. The van der Waals surface area contributed by atoms with Gasteiger partial charge in [-0.2, -0.15) is 18.4 Å². The summed E-state index contributed by atoms with van der Waals surface area (Å²) < 4.78 is 88.2. The van der Waals surface area contributed by atoms with Crippen molar-refractivity contribution in [3.05, 3.63) is 64.7 Å². The van der Waals surface area contributed by atoms with Gasteiger partial charge < -0.3 is 9.30 Å². The van der Waals surface area contributed by atoms with Gasteiger partial charge in [0.05, 0.1) is 17.2 Å². The fourth-order valence-corrected chi connectivity index (χ4v) is 3.06. The molecule has 0 fully saturated rings. The zero-order chi connectivity index (χ0) is 23.1. The summed E-state index contributed by atoms with van der Waals surface area (Å²) in [7, 11) is 1.35. The highest BCUT2D eigenvalue weighted by Crippen LogP contribution is 2.38. The molecule has 0 N–H and O–H groups in total. The number of rotatable bonds is 4. The minimum absolute atomic E-state index is 0. The Labute approximate surface area is 184 Å². The standard InChI is InChI=1S/C20H14F6N4O.ClH/c1-19(2,31-16-14(22)7-11(21)8-15(16)23)18-29-28-17(30(18)3)12-5-4-10(9-27)6-13(12)20(24,25)26;/h4-8H,1-3H3;1H. The van der Waals surface area contributed by atoms with Crippen molar-refractivity contribution in [2.24, 2.45) is 7.05 Å². The molecule has 0 saturated carbocycles. The van der Waals surface area contributed by atoms with Crippen molar-refractivity contribution < 1.29 is 31.1 Å². The van der Waals surface area contributed by atoms with Crippen LogP contribution in [0.2, 0.25) is 0 Å². The first-order valence-electron chi connectivity index (χ1n) is 8.70. The summed E-state index contributed by atoms with van der Waals surface area (Å²) in [5.41, 5.74) is -3.19. The molecule has 2 aromatic carbocycles. The monoisotopic (exact) mass is 476 g/mol. The smallest absolute Gasteiger partial charge is 0.417 e. The molecule has 170 valence electrons. The summed E-state index contributed by atoms with van der Waals surface area (Å²) in [6.07, 6.45) is -4.78. The zero-order valence-electron chi connectivity index (χ0n) is 16.8. The van der Waals surface area contributed by atoms with E-state index in [1.807, 2.05) is 0 Å². The van der Waals surface area contributed by atoms with Gasteiger partial charge in [0.25, 0.3) is 0 Å². The molecule has 5 nitrogen and oxygen atoms in total. The molecule has 12 heteroatoms. The van der Waals surface area contributed by atoms with Crippen molar-refractivity contribution in [1.29, 1.82) is 5.26 Å². The Kier molecular flexibility index (Phi) is 6.80. The highest BCUT2D eigenvalue weighted by molar-refractivity contribution is 5.85. The Morgan fingerprint density at radius 2 is 1.59 bits per heavy atom. The molecule has 0 atom stereocenters. The van der Waals surface area contributed by atoms with Crippen molar-refractivity contribution in [2.45, 2.75) is 25.6 Å². The van der Waals surface area contributed by atoms with Crippen molar-refractivity contribution in [1.82, 2.24) is 14.8 Å². The minimum atomic E-state index is -4.78. The molecule has 0 radical (unpaired) electrons. The molecular weight excluding hydrogens is 462 g/mol. The Hall–Kier alpha value is -3.26. The van der Waals surface area contributed by atoms with E-state index in [1.165, 1.54) is 31.5 Å². The van der Waals surface area contributed by atoms with Gasteiger partial charge in [0.1, 0.15) is 5.82 Å². The van der Waals surface area contributed by atoms with Crippen LogP contribution in [0.15, 0.2) is 30.3 Å². The lowest BCUT2D eigenvalue weighted by Crippen LogP contribution is -2.30. The summed E-state index contributed by atoms with van der Waals surface area (Å²) in [6.45, 7) is 2.74. The minimum Gasteiger partial charge on any atom is -0.474 e. The number of benzene rings is 2. The van der Waals surface area contributed by atoms with Gasteiger partial charge in [-0.1, -0.05) is 0 Å². The molecule has 3 aromatic rings. The van der Waals surface area contributed by atoms with Crippen LogP contribution in [0, 0.1) is 28.8 Å². The number of hydrogen-bond acceptors (Lipinski definition) is 4. The van der Waals surface area contributed by atoms with Crippen LogP contribution in [0.4, 0.5) is 26.3 Å². The van der Waals surface area contributed by atoms with E-state index in [0.29, 0.717) is 18.2 Å². The van der Waals surface area contributed by atoms with Gasteiger partial charge in [0, 0.05) is 24.7 Å². The van der Waals surface area contributed by atoms with Crippen LogP contribution < -0.4 is 4.74 Å². The molecule has 0 saturated heterocycles. The van der Waals surface area contributed by atoms with E-state index in [2.05, 4.69) is 10.2 Å². The Morgan fingerprint density at radius 1 is 1.00 bits per heavy atom. The summed E-state index contributed by atoms with van der Waals surface area (Å²) >= 11 is 0. The highest BCUT2D eigenvalue weighted by Gasteiger charge is 2.37. The SMILES string of the molecule is Cl.Cn1c(-c2ccc(C#N)cc2C(F)(F)F)nnc1C(C)(C)Oc1c(F)cc(F)cc1F. The molecule has 0 aliphatic carbocycles. The van der Waals surface area contributed by atoms with Crippen LogP contribution in [0.3, 0.4) is 0 Å². The van der Waals surface area contributed by atoms with E-state index in [-0.39, 0.29) is 35.2 Å². The average Bonchev–Trinajstić information content (AvgIpc) is 3.05. The van der Waals surface area contributed by atoms with E-state index in [1.54, 1.807) is 6.07 Å². The number of aromatic nitrogens is 3. The predicted molar refractivity (Wildman–Crippen MR) is 103 cm³/mol. The first-order valence-corrected chi connectivity index (χ1v) is 8.70. The van der Waals surface area contributed by atoms with E-state index in [0.717, 1.165) is 6.07 Å². The Bertz CT molecular complexity index is 1180. The zero-order valence-corrected chi connectivity index (χ0v) is 17.6. The molecule has 1 aromatic heterocycles. The van der Waals surface area contributed by atoms with E-state index >= 15 is 0 Å². The third-order valence-corrected chi connectivity index (χ3v) is 4.43. The van der Waals surface area contributed by atoms with E-state index < -0.39 is 40.5 Å². The average molecular weight is 477 g/mol. The maximum absolute atomic E-state index is 14.0. The molecular formula is C20H15ClF6N4O. The van der Waals surface area contributed by atoms with E-state index in [9.17, 15) is 26.3 Å². The molecule has 32 heavy (non-hydrogen) atoms. The van der Waals surface area contributed by atoms with Crippen LogP contribution >= 0.6 is 12.4 Å². The number of hydrogen-bond donors (Lipinski definition) is 0. The summed E-state index contributed by atoms with van der Waals surface area (Å²) in [6, 6.07) is 5.48. The van der Waals surface area contributed by atoms with Gasteiger partial charge >= 0.3 is 6.18 Å². The summed E-state index contributed by atoms with van der Waals surface area (Å²) in [5, 5.41) is 16.5. The van der Waals surface area contributed by atoms with Crippen molar-refractivity contribution in [3.8, 4) is 23.2 Å². The molecule has 0 aliphatic heterocycles. The fourth-order valence-electron chi connectivity index (χ4n) is 3.06. The van der Waals surface area contributed by atoms with Crippen molar-refractivity contribution in [3.63, 3.8) is 0 Å². The van der Waals surface area contributed by atoms with Crippen molar-refractivity contribution in [2.75, 3.05) is 0 Å². The Balaban J connectivity index is 0.00000363. The lowest BCUT2D eigenvalue weighted by Gasteiger charge is -2.26. The van der Waals surface area contributed by atoms with Gasteiger partial charge in [-0.25, -0.2) is 13.2 Å². The third kappa shape index (κ3) is 4.65. The number of nitrogens with zero attached hydrogens (tertiary/aromatic N) is 4. The second-order valence-electron chi connectivity index (χ2n) is 7.09. The summed E-state index contributed by atoms with van der Waals surface area (Å²) in [4.78, 5) is 0. The summed E-state index contributed by atoms with van der Waals surface area (Å²) in [5.74, 6) is -4.85. The molecule has 0 aliphatic rings. The molecule has 0 spiro atoms. The number of nitriles is 1. The normalized spacial score (nSPS) is 11.6. The predicted octanol–water partition coefficient (Wildman–Crippen LogP) is 5.53. The second-order valence-corrected chi connectivity index (χ2v) is 7.09. The first-order chi connectivity index (χ1) is 14.3. The fraction of sp³-hybridized carbons (Fsp3) is 0.250.